The van der Waals surface area contributed by atoms with E-state index < -0.39 is 27.4 Å². The van der Waals surface area contributed by atoms with Gasteiger partial charge in [0.05, 0.1) is 39.0 Å². The highest BCUT2D eigenvalue weighted by Crippen LogP contribution is 2.37. The van der Waals surface area contributed by atoms with Gasteiger partial charge < -0.3 is 15.4 Å². The number of pyridine rings is 1. The van der Waals surface area contributed by atoms with Crippen LogP contribution in [0.5, 0.6) is 0 Å². The minimum Gasteiger partial charge on any atom is -0.490 e. The Hall–Kier alpha value is -5.11. The second-order valence-corrected chi connectivity index (χ2v) is 21.7. The van der Waals surface area contributed by atoms with Crippen molar-refractivity contribution in [3.63, 3.8) is 0 Å². The fourth-order valence-corrected chi connectivity index (χ4v) is 13.1. The maximum Gasteiger partial charge on any atom is 0.329 e. The summed E-state index contributed by atoms with van der Waals surface area (Å²) in [7, 11) is -1.66. The lowest BCUT2D eigenvalue weighted by molar-refractivity contribution is -0.133. The number of piperidine rings is 2. The summed E-state index contributed by atoms with van der Waals surface area (Å²) in [5.41, 5.74) is 11.5. The van der Waals surface area contributed by atoms with Gasteiger partial charge in [-0.3, -0.25) is 44.7 Å². The third-order valence-corrected chi connectivity index (χ3v) is 17.6. The van der Waals surface area contributed by atoms with Gasteiger partial charge in [-0.25, -0.2) is 13.2 Å². The number of allylic oxidation sites excluding steroid dienone is 6. The van der Waals surface area contributed by atoms with Gasteiger partial charge in [0, 0.05) is 106 Å². The number of carbonyl (C=O) groups is 3. The summed E-state index contributed by atoms with van der Waals surface area (Å²) in [6, 6.07) is 5.92. The summed E-state index contributed by atoms with van der Waals surface area (Å²) in [5, 5.41) is 15.0. The minimum atomic E-state index is -3.52. The van der Waals surface area contributed by atoms with Crippen molar-refractivity contribution in [1.29, 1.82) is 0 Å². The summed E-state index contributed by atoms with van der Waals surface area (Å²) >= 11 is 12.8. The summed E-state index contributed by atoms with van der Waals surface area (Å²) in [4.78, 5) is 49.6. The van der Waals surface area contributed by atoms with Gasteiger partial charge in [0.1, 0.15) is 6.10 Å². The Kier molecular flexibility index (Phi) is 14.2. The van der Waals surface area contributed by atoms with Gasteiger partial charge >= 0.3 is 6.03 Å². The van der Waals surface area contributed by atoms with Crippen molar-refractivity contribution in [1.82, 2.24) is 39.1 Å². The van der Waals surface area contributed by atoms with Crippen LogP contribution in [0.1, 0.15) is 75.0 Å². The van der Waals surface area contributed by atoms with Gasteiger partial charge in [-0.2, -0.15) is 9.40 Å². The SMILES string of the molecule is C[C@@H](OC1=CC=C(N)C(C(=[NH2+])C2=CCC(N3CCN(S(=O)(=O)C4CCN(C(=O)CN5CCC(c6ccc7c(N8CCC(=O)NC8=O)nn(C)c7c6)CC5)CC4)CC3)C=C2)C1)c1c(Cl)cncc1Cl. The second-order valence-electron chi connectivity index (χ2n) is 18.7. The Morgan fingerprint density at radius 1 is 0.985 bits per heavy atom. The number of anilines is 1. The molecule has 0 bridgehead atoms. The third-order valence-electron chi connectivity index (χ3n) is 14.6. The molecule has 1 aromatic carbocycles. The molecule has 17 nitrogen and oxygen atoms in total. The van der Waals surface area contributed by atoms with E-state index in [-0.39, 0.29) is 30.2 Å². The zero-order chi connectivity index (χ0) is 47.9. The maximum absolute atomic E-state index is 13.9. The van der Waals surface area contributed by atoms with E-state index in [4.69, 9.17) is 39.1 Å². The molecule has 0 radical (unpaired) electrons. The fraction of sp³-hybridized carbons (Fsp3) is 0.500. The Balaban J connectivity index is 0.697. The smallest absolute Gasteiger partial charge is 0.329 e. The standard InChI is InChI=1S/C48H59Cl2N11O6S/c1-30(45-39(49)27-53-28-40(45)50)67-35-8-10-41(51)38(26-35)46(52)32-3-6-34(7-4-32)58-21-23-60(24-22-58)68(65,66)36-13-18-59(19-14-36)44(63)29-57-16-11-31(12-17-57)33-5-9-37-42(25-33)56(2)55-47(37)61-20-15-43(62)54-48(61)64/h3-6,8-10,25,27-28,30-31,34,36,38,52H,7,11-24,26,29,51H2,1-2H3,(H,54,62,64)/p+1/t30-,34?,38?/m1/s1. The number of sulfonamides is 1. The van der Waals surface area contributed by atoms with Gasteiger partial charge in [-0.1, -0.05) is 47.5 Å². The molecule has 3 atom stereocenters. The Morgan fingerprint density at radius 3 is 2.38 bits per heavy atom. The normalized spacial score (nSPS) is 23.6. The number of halogens is 2. The van der Waals surface area contributed by atoms with E-state index >= 15 is 0 Å². The van der Waals surface area contributed by atoms with E-state index in [0.717, 1.165) is 54.6 Å². The van der Waals surface area contributed by atoms with Gasteiger partial charge in [0.15, 0.2) is 11.5 Å². The average Bonchev–Trinajstić information content (AvgIpc) is 3.66. The van der Waals surface area contributed by atoms with Crippen LogP contribution in [-0.4, -0.2) is 142 Å². The average molecular weight is 990 g/mol. The molecule has 4 amide bonds. The number of piperazine rings is 1. The van der Waals surface area contributed by atoms with Crippen LogP contribution in [0, 0.1) is 5.92 Å². The first-order valence-corrected chi connectivity index (χ1v) is 25.8. The van der Waals surface area contributed by atoms with Crippen LogP contribution >= 0.6 is 23.2 Å². The Bertz CT molecular complexity index is 2690. The Labute approximate surface area is 407 Å². The number of benzene rings is 1. The van der Waals surface area contributed by atoms with Crippen LogP contribution in [0.2, 0.25) is 10.0 Å². The van der Waals surface area contributed by atoms with Crippen molar-refractivity contribution in [2.45, 2.75) is 75.2 Å². The molecule has 68 heavy (non-hydrogen) atoms. The lowest BCUT2D eigenvalue weighted by Gasteiger charge is -2.41. The first-order valence-electron chi connectivity index (χ1n) is 23.6. The third kappa shape index (κ3) is 9.99. The Morgan fingerprint density at radius 2 is 1.71 bits per heavy atom. The molecule has 3 aromatic rings. The highest BCUT2D eigenvalue weighted by atomic mass is 35.5. The highest BCUT2D eigenvalue weighted by molar-refractivity contribution is 7.89. The summed E-state index contributed by atoms with van der Waals surface area (Å²) < 4.78 is 37.5. The van der Waals surface area contributed by atoms with E-state index in [1.165, 1.54) is 10.5 Å². The van der Waals surface area contributed by atoms with Crippen molar-refractivity contribution in [3.05, 3.63) is 99.2 Å². The van der Waals surface area contributed by atoms with Crippen molar-refractivity contribution < 1.29 is 32.9 Å². The molecule has 362 valence electrons. The number of ether oxygens (including phenoxy) is 1. The number of rotatable bonds is 12. The largest absolute Gasteiger partial charge is 0.490 e. The number of imide groups is 1. The molecule has 2 unspecified atom stereocenters. The van der Waals surface area contributed by atoms with Gasteiger partial charge in [0.25, 0.3) is 0 Å². The lowest BCUT2D eigenvalue weighted by Crippen LogP contribution is -2.55. The van der Waals surface area contributed by atoms with Crippen LogP contribution in [0.3, 0.4) is 0 Å². The van der Waals surface area contributed by atoms with Crippen molar-refractivity contribution >= 4 is 73.5 Å². The molecule has 20 heteroatoms. The number of nitrogens with two attached hydrogens (primary N) is 2. The van der Waals surface area contributed by atoms with Crippen LogP contribution < -0.4 is 21.4 Å². The molecule has 0 saturated carbocycles. The number of likely N-dealkylation sites (tertiary alicyclic amines) is 2. The molecule has 9 rings (SSSR count). The van der Waals surface area contributed by atoms with Gasteiger partial charge in [-0.05, 0) is 87.9 Å². The van der Waals surface area contributed by atoms with E-state index in [1.54, 1.807) is 21.4 Å². The zero-order valence-electron chi connectivity index (χ0n) is 38.5. The topological polar surface area (TPSA) is 205 Å². The number of aryl methyl sites for hydroxylation is 1. The first kappa shape index (κ1) is 47.9. The molecule has 2 aliphatic carbocycles. The van der Waals surface area contributed by atoms with E-state index in [2.05, 4.69) is 49.5 Å². The number of nitrogens with one attached hydrogen (secondary N) is 1. The monoisotopic (exact) mass is 988 g/mol. The number of amides is 4. The molecule has 5 N–H and O–H groups in total. The first-order chi connectivity index (χ1) is 32.6. The molecule has 6 aliphatic rings. The zero-order valence-corrected chi connectivity index (χ0v) is 40.9. The van der Waals surface area contributed by atoms with Gasteiger partial charge in [0.2, 0.25) is 21.8 Å². The summed E-state index contributed by atoms with van der Waals surface area (Å²) in [5.74, 6) is 1.12. The van der Waals surface area contributed by atoms with Crippen LogP contribution in [-0.2, 0) is 31.4 Å². The van der Waals surface area contributed by atoms with Gasteiger partial charge in [-0.15, -0.1) is 0 Å². The predicted molar refractivity (Wildman–Crippen MR) is 261 cm³/mol. The van der Waals surface area contributed by atoms with Crippen molar-refractivity contribution in [2.75, 3.05) is 70.3 Å². The molecule has 4 fully saturated rings. The van der Waals surface area contributed by atoms with E-state index in [9.17, 15) is 22.8 Å². The summed E-state index contributed by atoms with van der Waals surface area (Å²) in [6.07, 6.45) is 16.8. The number of hydrogen-bond donors (Lipinski definition) is 3. The van der Waals surface area contributed by atoms with Crippen molar-refractivity contribution in [2.24, 2.45) is 18.7 Å². The molecule has 6 heterocycles. The minimum absolute atomic E-state index is 0.0506. The number of nitrogens with zero attached hydrogens (tertiary/aromatic N) is 8. The summed E-state index contributed by atoms with van der Waals surface area (Å²) in [6.45, 7) is 7.05. The van der Waals surface area contributed by atoms with E-state index in [0.29, 0.717) is 110 Å². The predicted octanol–water partition coefficient (Wildman–Crippen LogP) is 3.82. The fourth-order valence-electron chi connectivity index (χ4n) is 10.6. The highest BCUT2D eigenvalue weighted by Gasteiger charge is 2.39. The van der Waals surface area contributed by atoms with Crippen LogP contribution in [0.15, 0.2) is 78.0 Å². The maximum atomic E-state index is 13.9. The van der Waals surface area contributed by atoms with Crippen LogP contribution in [0.4, 0.5) is 10.6 Å². The molecule has 2 aromatic heterocycles. The second kappa shape index (κ2) is 20.1. The van der Waals surface area contributed by atoms with E-state index in [1.807, 2.05) is 43.2 Å². The lowest BCUT2D eigenvalue weighted by atomic mass is 9.85. The van der Waals surface area contributed by atoms with Crippen LogP contribution in [0.25, 0.3) is 10.9 Å². The molecular weight excluding hydrogens is 930 g/mol. The number of carbonyl (C=O) groups excluding carboxylic acids is 3. The van der Waals surface area contributed by atoms with Crippen molar-refractivity contribution in [3.8, 4) is 0 Å². The molecule has 4 saturated heterocycles. The quantitative estimate of drug-likeness (QED) is 0.223. The number of urea groups is 1. The molecule has 0 spiro atoms. The number of hydrogen-bond acceptors (Lipinski definition) is 11. The number of fused-ring (bicyclic) bond motifs is 1. The molecule has 4 aliphatic heterocycles. The number of aromatic nitrogens is 3. The molecular formula is C48H60Cl2N11O6S+.